The second-order valence-electron chi connectivity index (χ2n) is 8.43. The molecule has 0 atom stereocenters. The monoisotopic (exact) mass is 480 g/mol. The normalized spacial score (nSPS) is 12.2. The van der Waals surface area contributed by atoms with Crippen LogP contribution < -0.4 is 10.2 Å². The van der Waals surface area contributed by atoms with E-state index in [1.54, 1.807) is 47.6 Å². The summed E-state index contributed by atoms with van der Waals surface area (Å²) in [7, 11) is 1.32. The van der Waals surface area contributed by atoms with Crippen molar-refractivity contribution in [2.24, 2.45) is 0 Å². The highest BCUT2D eigenvalue weighted by molar-refractivity contribution is 6.07. The van der Waals surface area contributed by atoms with Crippen LogP contribution in [0.25, 0.3) is 0 Å². The zero-order chi connectivity index (χ0) is 25.1. The molecule has 180 valence electrons. The highest BCUT2D eigenvalue weighted by Gasteiger charge is 2.27. The third kappa shape index (κ3) is 4.48. The van der Waals surface area contributed by atoms with Crippen molar-refractivity contribution >= 4 is 23.5 Å². The zero-order valence-electron chi connectivity index (χ0n) is 19.7. The number of para-hydroxylation sites is 1. The molecule has 1 N–H and O–H groups in total. The number of hydrogen-bond donors (Lipinski definition) is 1. The van der Waals surface area contributed by atoms with E-state index in [4.69, 9.17) is 4.74 Å². The van der Waals surface area contributed by atoms with Gasteiger partial charge in [-0.3, -0.25) is 14.6 Å². The minimum absolute atomic E-state index is 0.194. The van der Waals surface area contributed by atoms with Gasteiger partial charge < -0.3 is 19.5 Å². The van der Waals surface area contributed by atoms with E-state index in [0.29, 0.717) is 36.5 Å². The van der Waals surface area contributed by atoms with E-state index in [1.807, 2.05) is 47.0 Å². The number of rotatable bonds is 5. The van der Waals surface area contributed by atoms with Crippen LogP contribution in [0.1, 0.15) is 48.0 Å². The van der Waals surface area contributed by atoms with Crippen molar-refractivity contribution in [3.8, 4) is 0 Å². The summed E-state index contributed by atoms with van der Waals surface area (Å²) in [5.74, 6) is -0.849. The Labute approximate surface area is 208 Å². The highest BCUT2D eigenvalue weighted by atomic mass is 16.5. The van der Waals surface area contributed by atoms with Crippen LogP contribution >= 0.6 is 0 Å². The number of carbonyl (C=O) groups excluding carboxylic acids is 3. The average molecular weight is 481 g/mol. The molecule has 5 rings (SSSR count). The lowest BCUT2D eigenvalue weighted by molar-refractivity contribution is 0.0600. The van der Waals surface area contributed by atoms with Crippen molar-refractivity contribution in [1.82, 2.24) is 14.9 Å². The largest absolute Gasteiger partial charge is 0.465 e. The van der Waals surface area contributed by atoms with Gasteiger partial charge in [0.2, 0.25) is 0 Å². The number of benzene rings is 2. The summed E-state index contributed by atoms with van der Waals surface area (Å²) in [5, 5.41) is 2.96. The van der Waals surface area contributed by atoms with E-state index in [2.05, 4.69) is 10.3 Å². The van der Waals surface area contributed by atoms with E-state index in [-0.39, 0.29) is 11.8 Å². The van der Waals surface area contributed by atoms with Crippen molar-refractivity contribution in [3.63, 3.8) is 0 Å². The third-order valence-corrected chi connectivity index (χ3v) is 6.21. The van der Waals surface area contributed by atoms with Gasteiger partial charge in [0.05, 0.1) is 25.8 Å². The maximum Gasteiger partial charge on any atom is 0.337 e. The number of carbonyl (C=O) groups is 3. The molecule has 0 radical (unpaired) electrons. The predicted octanol–water partition coefficient (Wildman–Crippen LogP) is 3.81. The number of fused-ring (bicyclic) bond motifs is 2. The number of nitrogens with zero attached hydrogens (tertiary/aromatic N) is 3. The van der Waals surface area contributed by atoms with E-state index >= 15 is 0 Å². The number of esters is 1. The van der Waals surface area contributed by atoms with E-state index in [1.165, 1.54) is 7.11 Å². The SMILES string of the molecule is COC(=O)c1ccc(C(=O)N2Cc3ccc(C(=O)NCc4cccnc4)n3Cc3ccccc32)cc1. The summed E-state index contributed by atoms with van der Waals surface area (Å²) in [6.45, 7) is 1.12. The van der Waals surface area contributed by atoms with Gasteiger partial charge in [-0.25, -0.2) is 4.79 Å². The maximum absolute atomic E-state index is 13.6. The number of pyridine rings is 1. The summed E-state index contributed by atoms with van der Waals surface area (Å²) in [4.78, 5) is 44.2. The van der Waals surface area contributed by atoms with Crippen molar-refractivity contribution in [1.29, 1.82) is 0 Å². The minimum atomic E-state index is -0.457. The van der Waals surface area contributed by atoms with Gasteiger partial charge in [0.1, 0.15) is 5.69 Å². The lowest BCUT2D eigenvalue weighted by Gasteiger charge is -2.23. The van der Waals surface area contributed by atoms with Gasteiger partial charge in [0, 0.05) is 35.9 Å². The third-order valence-electron chi connectivity index (χ3n) is 6.21. The Morgan fingerprint density at radius 2 is 1.69 bits per heavy atom. The summed E-state index contributed by atoms with van der Waals surface area (Å²) >= 11 is 0. The number of amides is 2. The van der Waals surface area contributed by atoms with Gasteiger partial charge in [0.25, 0.3) is 11.8 Å². The zero-order valence-corrected chi connectivity index (χ0v) is 19.7. The number of aromatic nitrogens is 2. The molecule has 3 heterocycles. The van der Waals surface area contributed by atoms with Crippen molar-refractivity contribution in [2.45, 2.75) is 19.6 Å². The number of hydrogen-bond acceptors (Lipinski definition) is 5. The number of nitrogens with one attached hydrogen (secondary N) is 1. The molecule has 2 aromatic carbocycles. The van der Waals surface area contributed by atoms with E-state index in [9.17, 15) is 14.4 Å². The molecule has 8 heteroatoms. The summed E-state index contributed by atoms with van der Waals surface area (Å²) in [5.41, 5.74) is 4.82. The van der Waals surface area contributed by atoms with Crippen LogP contribution in [0.3, 0.4) is 0 Å². The molecule has 8 nitrogen and oxygen atoms in total. The molecule has 0 bridgehead atoms. The molecule has 0 unspecified atom stereocenters. The molecule has 0 spiro atoms. The molecular weight excluding hydrogens is 456 g/mol. The van der Waals surface area contributed by atoms with Gasteiger partial charge in [-0.15, -0.1) is 0 Å². The van der Waals surface area contributed by atoms with Gasteiger partial charge >= 0.3 is 5.97 Å². The van der Waals surface area contributed by atoms with Crippen molar-refractivity contribution < 1.29 is 19.1 Å². The van der Waals surface area contributed by atoms with Crippen LogP contribution in [0.15, 0.2) is 85.2 Å². The first kappa shape index (κ1) is 23.0. The van der Waals surface area contributed by atoms with Gasteiger partial charge in [-0.05, 0) is 59.7 Å². The number of methoxy groups -OCH3 is 1. The lowest BCUT2D eigenvalue weighted by atomic mass is 10.1. The Bertz CT molecular complexity index is 1430. The smallest absolute Gasteiger partial charge is 0.337 e. The fourth-order valence-corrected chi connectivity index (χ4v) is 4.34. The first-order valence-electron chi connectivity index (χ1n) is 11.5. The first-order valence-corrected chi connectivity index (χ1v) is 11.5. The van der Waals surface area contributed by atoms with E-state index < -0.39 is 5.97 Å². The maximum atomic E-state index is 13.6. The van der Waals surface area contributed by atoms with Crippen LogP contribution in [-0.2, 0) is 24.4 Å². The molecular formula is C28H24N4O4. The number of anilines is 1. The Kier molecular flexibility index (Phi) is 6.32. The van der Waals surface area contributed by atoms with Gasteiger partial charge in [0.15, 0.2) is 0 Å². The molecule has 2 aromatic heterocycles. The molecule has 0 saturated heterocycles. The Hall–Kier alpha value is -4.72. The van der Waals surface area contributed by atoms with Gasteiger partial charge in [-0.2, -0.15) is 0 Å². The fourth-order valence-electron chi connectivity index (χ4n) is 4.34. The Balaban J connectivity index is 1.43. The summed E-state index contributed by atoms with van der Waals surface area (Å²) in [6.07, 6.45) is 3.41. The summed E-state index contributed by atoms with van der Waals surface area (Å²) in [6, 6.07) is 21.5. The quantitative estimate of drug-likeness (QED) is 0.439. The molecule has 0 saturated carbocycles. The molecule has 4 aromatic rings. The topological polar surface area (TPSA) is 93.5 Å². The van der Waals surface area contributed by atoms with Crippen molar-refractivity contribution in [2.75, 3.05) is 12.0 Å². The van der Waals surface area contributed by atoms with Crippen LogP contribution in [0.5, 0.6) is 0 Å². The molecule has 0 fully saturated rings. The molecule has 0 aliphatic carbocycles. The Morgan fingerprint density at radius 3 is 2.44 bits per heavy atom. The first-order chi connectivity index (χ1) is 17.5. The second-order valence-corrected chi connectivity index (χ2v) is 8.43. The van der Waals surface area contributed by atoms with Crippen molar-refractivity contribution in [3.05, 3.63) is 119 Å². The highest BCUT2D eigenvalue weighted by Crippen LogP contribution is 2.30. The summed E-state index contributed by atoms with van der Waals surface area (Å²) < 4.78 is 6.70. The second kappa shape index (κ2) is 9.87. The van der Waals surface area contributed by atoms with Crippen LogP contribution in [-0.4, -0.2) is 34.4 Å². The van der Waals surface area contributed by atoms with Crippen LogP contribution in [0.4, 0.5) is 5.69 Å². The molecule has 36 heavy (non-hydrogen) atoms. The van der Waals surface area contributed by atoms with Gasteiger partial charge in [-0.1, -0.05) is 24.3 Å². The molecule has 1 aliphatic rings. The average Bonchev–Trinajstić information content (AvgIpc) is 3.24. The van der Waals surface area contributed by atoms with Crippen LogP contribution in [0, 0.1) is 0 Å². The predicted molar refractivity (Wildman–Crippen MR) is 134 cm³/mol. The minimum Gasteiger partial charge on any atom is -0.465 e. The number of ether oxygens (including phenoxy) is 1. The standard InChI is InChI=1S/C28H24N4O4/c1-36-28(35)21-10-8-20(9-11-21)27(34)32-18-23-12-13-25(26(33)30-16-19-5-4-14-29-15-19)31(23)17-22-6-2-3-7-24(22)32/h2-15H,16-18H2,1H3,(H,30,33). The van der Waals surface area contributed by atoms with E-state index in [0.717, 1.165) is 22.5 Å². The fraction of sp³-hybridized carbons (Fsp3) is 0.143. The molecule has 1 aliphatic heterocycles. The lowest BCUT2D eigenvalue weighted by Crippen LogP contribution is -2.30. The Morgan fingerprint density at radius 1 is 0.917 bits per heavy atom. The molecule has 2 amide bonds. The van der Waals surface area contributed by atoms with Crippen LogP contribution in [0.2, 0.25) is 0 Å².